The molecule has 0 aliphatic carbocycles. The van der Waals surface area contributed by atoms with Gasteiger partial charge in [0.1, 0.15) is 0 Å². The van der Waals surface area contributed by atoms with E-state index in [1.54, 1.807) is 0 Å². The molecule has 0 spiro atoms. The largest absolute Gasteiger partial charge is 0.619 e. The molecule has 0 atom stereocenters. The predicted octanol–water partition coefficient (Wildman–Crippen LogP) is 5.60. The molecule has 0 N–H and O–H groups in total. The van der Waals surface area contributed by atoms with Crippen molar-refractivity contribution in [3.63, 3.8) is 0 Å². The van der Waals surface area contributed by atoms with Gasteiger partial charge in [-0.05, 0) is 35.4 Å². The van der Waals surface area contributed by atoms with E-state index < -0.39 is 0 Å². The van der Waals surface area contributed by atoms with Crippen molar-refractivity contribution < 1.29 is 9.30 Å². The number of aromatic nitrogens is 2. The van der Waals surface area contributed by atoms with E-state index in [1.807, 2.05) is 54.6 Å². The molecule has 31 heavy (non-hydrogen) atoms. The van der Waals surface area contributed by atoms with Crippen LogP contribution in [0.3, 0.4) is 0 Å². The van der Waals surface area contributed by atoms with E-state index in [-0.39, 0.29) is 0 Å². The highest BCUT2D eigenvalue weighted by atomic mass is 16.5. The summed E-state index contributed by atoms with van der Waals surface area (Å²) in [4.78, 5) is 0. The lowest BCUT2D eigenvalue weighted by atomic mass is 9.98. The molecule has 0 saturated heterocycles. The molecular weight excluding hydrogens is 380 g/mol. The standard InChI is InChI=1S/C28H21N2O/c31-29-18-16-26(17-19-29)30-27(23-12-6-2-7-13-23)20-25(22-10-4-1-5-11-22)21-28(30)24-14-8-3-9-15-24/h1-21H/q+1. The molecule has 0 unspecified atom stereocenters. The third-order valence-corrected chi connectivity index (χ3v) is 5.36. The topological polar surface area (TPSA) is 30.8 Å². The Morgan fingerprint density at radius 2 is 0.871 bits per heavy atom. The van der Waals surface area contributed by atoms with Crippen LogP contribution < -0.4 is 9.30 Å². The molecule has 0 fully saturated rings. The first-order valence-electron chi connectivity index (χ1n) is 10.3. The Hall–Kier alpha value is -4.24. The van der Waals surface area contributed by atoms with Gasteiger partial charge >= 0.3 is 0 Å². The number of rotatable bonds is 4. The molecule has 3 heteroatoms. The summed E-state index contributed by atoms with van der Waals surface area (Å²) in [5, 5.41) is 11.7. The number of hydrogen-bond acceptors (Lipinski definition) is 1. The van der Waals surface area contributed by atoms with Crippen LogP contribution in [-0.2, 0) is 0 Å². The zero-order chi connectivity index (χ0) is 21.0. The van der Waals surface area contributed by atoms with Crippen molar-refractivity contribution in [1.82, 2.24) is 0 Å². The van der Waals surface area contributed by atoms with Gasteiger partial charge in [0, 0.05) is 23.3 Å². The van der Waals surface area contributed by atoms with Crippen LogP contribution in [0.5, 0.6) is 0 Å². The minimum atomic E-state index is 0.812. The Balaban J connectivity index is 1.87. The smallest absolute Gasteiger partial charge is 0.223 e. The van der Waals surface area contributed by atoms with Crippen molar-refractivity contribution in [2.24, 2.45) is 0 Å². The molecular formula is C28H21N2O+. The van der Waals surface area contributed by atoms with E-state index in [9.17, 15) is 5.21 Å². The maximum Gasteiger partial charge on any atom is 0.223 e. The lowest BCUT2D eigenvalue weighted by molar-refractivity contribution is -0.610. The van der Waals surface area contributed by atoms with Crippen LogP contribution in [0.2, 0.25) is 0 Å². The van der Waals surface area contributed by atoms with Crippen LogP contribution in [0.25, 0.3) is 39.3 Å². The predicted molar refractivity (Wildman–Crippen MR) is 123 cm³/mol. The van der Waals surface area contributed by atoms with Crippen LogP contribution in [0.1, 0.15) is 0 Å². The molecule has 0 radical (unpaired) electrons. The van der Waals surface area contributed by atoms with Gasteiger partial charge < -0.3 is 5.21 Å². The Morgan fingerprint density at radius 3 is 1.32 bits per heavy atom. The lowest BCUT2D eigenvalue weighted by Gasteiger charge is -2.12. The fourth-order valence-electron chi connectivity index (χ4n) is 3.87. The Bertz CT molecular complexity index is 1240. The Kier molecular flexibility index (Phi) is 4.99. The van der Waals surface area contributed by atoms with E-state index in [0.29, 0.717) is 0 Å². The first kappa shape index (κ1) is 18.8. The number of hydrogen-bond donors (Lipinski definition) is 0. The van der Waals surface area contributed by atoms with Crippen LogP contribution in [0.4, 0.5) is 0 Å². The molecule has 0 aliphatic heterocycles. The molecule has 148 valence electrons. The average Bonchev–Trinajstić information content (AvgIpc) is 2.85. The van der Waals surface area contributed by atoms with Gasteiger partial charge in [-0.15, -0.1) is 0 Å². The van der Waals surface area contributed by atoms with Gasteiger partial charge in [0.05, 0.1) is 12.1 Å². The molecule has 0 aliphatic rings. The Morgan fingerprint density at radius 1 is 0.452 bits per heavy atom. The Labute approximate surface area is 181 Å². The highest BCUT2D eigenvalue weighted by Crippen LogP contribution is 2.30. The molecule has 0 bridgehead atoms. The zero-order valence-corrected chi connectivity index (χ0v) is 16.9. The quantitative estimate of drug-likeness (QED) is 0.285. The number of pyridine rings is 2. The summed E-state index contributed by atoms with van der Waals surface area (Å²) in [6.45, 7) is 0. The summed E-state index contributed by atoms with van der Waals surface area (Å²) in [6, 6.07) is 39.3. The summed E-state index contributed by atoms with van der Waals surface area (Å²) in [6.07, 6.45) is 3.08. The summed E-state index contributed by atoms with van der Waals surface area (Å²) in [5.41, 5.74) is 7.57. The first-order valence-corrected chi connectivity index (χ1v) is 10.3. The van der Waals surface area contributed by atoms with E-state index in [1.165, 1.54) is 12.4 Å². The summed E-state index contributed by atoms with van der Waals surface area (Å²) in [5.74, 6) is 0. The SMILES string of the molecule is [O-][n+]1ccc(-[n+]2c(-c3ccccc3)cc(-c3ccccc3)cc2-c2ccccc2)cc1. The maximum absolute atomic E-state index is 11.7. The number of nitrogens with zero attached hydrogens (tertiary/aromatic N) is 2. The van der Waals surface area contributed by atoms with Gasteiger partial charge in [-0.2, -0.15) is 9.30 Å². The van der Waals surface area contributed by atoms with Gasteiger partial charge in [-0.25, -0.2) is 0 Å². The van der Waals surface area contributed by atoms with Gasteiger partial charge in [0.25, 0.3) is 0 Å². The van der Waals surface area contributed by atoms with Crippen molar-refractivity contribution in [3.8, 4) is 39.3 Å². The molecule has 0 saturated carbocycles. The molecule has 5 aromatic rings. The molecule has 2 aromatic heterocycles. The summed E-state index contributed by atoms with van der Waals surface area (Å²) in [7, 11) is 0. The maximum atomic E-state index is 11.7. The van der Waals surface area contributed by atoms with Crippen LogP contribution in [-0.4, -0.2) is 0 Å². The van der Waals surface area contributed by atoms with Crippen LogP contribution >= 0.6 is 0 Å². The molecule has 3 aromatic carbocycles. The van der Waals surface area contributed by atoms with E-state index >= 15 is 0 Å². The summed E-state index contributed by atoms with van der Waals surface area (Å²) >= 11 is 0. The van der Waals surface area contributed by atoms with Crippen molar-refractivity contribution in [2.45, 2.75) is 0 Å². The summed E-state index contributed by atoms with van der Waals surface area (Å²) < 4.78 is 3.03. The fourth-order valence-corrected chi connectivity index (χ4v) is 3.87. The zero-order valence-electron chi connectivity index (χ0n) is 16.9. The second-order valence-electron chi connectivity index (χ2n) is 7.36. The van der Waals surface area contributed by atoms with Crippen LogP contribution in [0.15, 0.2) is 128 Å². The second kappa shape index (κ2) is 8.25. The molecule has 2 heterocycles. The average molecular weight is 401 g/mol. The fraction of sp³-hybridized carbons (Fsp3) is 0. The van der Waals surface area contributed by atoms with Crippen molar-refractivity contribution in [3.05, 3.63) is 133 Å². The second-order valence-corrected chi connectivity index (χ2v) is 7.36. The minimum Gasteiger partial charge on any atom is -0.619 e. The third-order valence-electron chi connectivity index (χ3n) is 5.36. The normalized spacial score (nSPS) is 10.7. The van der Waals surface area contributed by atoms with Crippen molar-refractivity contribution >= 4 is 0 Å². The van der Waals surface area contributed by atoms with Crippen molar-refractivity contribution in [2.75, 3.05) is 0 Å². The van der Waals surface area contributed by atoms with Crippen molar-refractivity contribution in [1.29, 1.82) is 0 Å². The number of benzene rings is 3. The molecule has 0 amide bonds. The van der Waals surface area contributed by atoms with Gasteiger partial charge in [0.15, 0.2) is 12.4 Å². The molecule has 3 nitrogen and oxygen atoms in total. The van der Waals surface area contributed by atoms with E-state index in [0.717, 1.165) is 44.1 Å². The van der Waals surface area contributed by atoms with Gasteiger partial charge in [-0.3, -0.25) is 0 Å². The van der Waals surface area contributed by atoms with E-state index in [4.69, 9.17) is 0 Å². The third kappa shape index (κ3) is 3.81. The molecule has 5 rings (SSSR count). The highest BCUT2D eigenvalue weighted by molar-refractivity contribution is 5.74. The van der Waals surface area contributed by atoms with Gasteiger partial charge in [0.2, 0.25) is 17.1 Å². The highest BCUT2D eigenvalue weighted by Gasteiger charge is 2.25. The first-order chi connectivity index (χ1) is 15.3. The minimum absolute atomic E-state index is 0.812. The monoisotopic (exact) mass is 401 g/mol. The van der Waals surface area contributed by atoms with Gasteiger partial charge in [-0.1, -0.05) is 66.7 Å². The lowest BCUT2D eigenvalue weighted by Crippen LogP contribution is -2.38. The van der Waals surface area contributed by atoms with E-state index in [2.05, 4.69) is 65.2 Å². The van der Waals surface area contributed by atoms with Crippen LogP contribution in [0, 0.1) is 5.21 Å².